The number of carbonyl (C=O) groups is 1. The highest BCUT2D eigenvalue weighted by atomic mass is 35.5. The normalized spacial score (nSPS) is 10.1. The first-order chi connectivity index (χ1) is 8.56. The lowest BCUT2D eigenvalue weighted by Gasteiger charge is -2.06. The standard InChI is InChI=1S/C12H11ClN4O/c1-7-2-3-11(16-5-7)17-12(18)8-4-10(14)15-6-9(8)13/h2-6H,1H3,(H2,14,15)(H,16,17,18). The largest absolute Gasteiger partial charge is 0.384 e. The summed E-state index contributed by atoms with van der Waals surface area (Å²) in [7, 11) is 0. The fourth-order valence-corrected chi connectivity index (χ4v) is 1.54. The number of nitrogen functional groups attached to an aromatic ring is 1. The molecule has 3 N–H and O–H groups in total. The highest BCUT2D eigenvalue weighted by molar-refractivity contribution is 6.34. The van der Waals surface area contributed by atoms with Crippen molar-refractivity contribution in [3.63, 3.8) is 0 Å². The number of anilines is 2. The van der Waals surface area contributed by atoms with Crippen LogP contribution >= 0.6 is 11.6 Å². The van der Waals surface area contributed by atoms with Crippen LogP contribution in [0.4, 0.5) is 11.6 Å². The van der Waals surface area contributed by atoms with Crippen molar-refractivity contribution < 1.29 is 4.79 Å². The van der Waals surface area contributed by atoms with E-state index in [-0.39, 0.29) is 22.3 Å². The number of halogens is 1. The molecule has 0 aliphatic rings. The van der Waals surface area contributed by atoms with E-state index in [0.29, 0.717) is 5.82 Å². The molecule has 92 valence electrons. The van der Waals surface area contributed by atoms with Gasteiger partial charge in [0, 0.05) is 12.4 Å². The Morgan fingerprint density at radius 2 is 2.11 bits per heavy atom. The molecule has 0 bridgehead atoms. The highest BCUT2D eigenvalue weighted by Crippen LogP contribution is 2.17. The van der Waals surface area contributed by atoms with Crippen molar-refractivity contribution in [2.45, 2.75) is 6.92 Å². The Hall–Kier alpha value is -2.14. The predicted octanol–water partition coefficient (Wildman–Crippen LogP) is 2.27. The molecule has 2 aromatic rings. The highest BCUT2D eigenvalue weighted by Gasteiger charge is 2.12. The fraction of sp³-hybridized carbons (Fsp3) is 0.0833. The molecule has 0 aliphatic carbocycles. The number of amides is 1. The molecule has 0 saturated heterocycles. The van der Waals surface area contributed by atoms with Crippen LogP contribution < -0.4 is 11.1 Å². The lowest BCUT2D eigenvalue weighted by Crippen LogP contribution is -2.14. The van der Waals surface area contributed by atoms with Crippen LogP contribution in [-0.2, 0) is 0 Å². The third-order valence-corrected chi connectivity index (χ3v) is 2.58. The number of aromatic nitrogens is 2. The number of hydrogen-bond acceptors (Lipinski definition) is 4. The number of hydrogen-bond donors (Lipinski definition) is 2. The van der Waals surface area contributed by atoms with E-state index in [0.717, 1.165) is 5.56 Å². The Kier molecular flexibility index (Phi) is 3.43. The summed E-state index contributed by atoms with van der Waals surface area (Å²) >= 11 is 5.88. The molecule has 5 nitrogen and oxygen atoms in total. The molecule has 0 saturated carbocycles. The lowest BCUT2D eigenvalue weighted by molar-refractivity contribution is 0.102. The van der Waals surface area contributed by atoms with Crippen molar-refractivity contribution in [1.29, 1.82) is 0 Å². The summed E-state index contributed by atoms with van der Waals surface area (Å²) in [6.45, 7) is 1.92. The van der Waals surface area contributed by atoms with Crippen LogP contribution in [0.15, 0.2) is 30.6 Å². The molecule has 0 atom stereocenters. The number of aryl methyl sites for hydroxylation is 1. The van der Waals surface area contributed by atoms with Crippen LogP contribution in [0, 0.1) is 6.92 Å². The monoisotopic (exact) mass is 262 g/mol. The van der Waals surface area contributed by atoms with Gasteiger partial charge in [-0.2, -0.15) is 0 Å². The van der Waals surface area contributed by atoms with Crippen LogP contribution in [0.1, 0.15) is 15.9 Å². The Bertz CT molecular complexity index is 583. The van der Waals surface area contributed by atoms with Crippen molar-refractivity contribution in [2.75, 3.05) is 11.1 Å². The van der Waals surface area contributed by atoms with Crippen LogP contribution in [-0.4, -0.2) is 15.9 Å². The van der Waals surface area contributed by atoms with Gasteiger partial charge in [-0.05, 0) is 24.6 Å². The van der Waals surface area contributed by atoms with E-state index in [1.165, 1.54) is 12.3 Å². The van der Waals surface area contributed by atoms with E-state index in [4.69, 9.17) is 17.3 Å². The smallest absolute Gasteiger partial charge is 0.258 e. The van der Waals surface area contributed by atoms with Gasteiger partial charge < -0.3 is 11.1 Å². The lowest BCUT2D eigenvalue weighted by atomic mass is 10.2. The van der Waals surface area contributed by atoms with Gasteiger partial charge in [0.05, 0.1) is 10.6 Å². The maximum Gasteiger partial charge on any atom is 0.258 e. The Labute approximate surface area is 109 Å². The van der Waals surface area contributed by atoms with Gasteiger partial charge in [0.1, 0.15) is 11.6 Å². The van der Waals surface area contributed by atoms with Gasteiger partial charge in [0.25, 0.3) is 5.91 Å². The third-order valence-electron chi connectivity index (χ3n) is 2.27. The third kappa shape index (κ3) is 2.75. The Morgan fingerprint density at radius 3 is 2.78 bits per heavy atom. The molecule has 2 heterocycles. The van der Waals surface area contributed by atoms with Gasteiger partial charge >= 0.3 is 0 Å². The number of carbonyl (C=O) groups excluding carboxylic acids is 1. The minimum Gasteiger partial charge on any atom is -0.384 e. The van der Waals surface area contributed by atoms with Gasteiger partial charge in [0.15, 0.2) is 0 Å². The molecule has 0 radical (unpaired) electrons. The zero-order valence-electron chi connectivity index (χ0n) is 9.64. The second-order valence-electron chi connectivity index (χ2n) is 3.76. The second kappa shape index (κ2) is 5.01. The van der Waals surface area contributed by atoms with Gasteiger partial charge in [-0.15, -0.1) is 0 Å². The van der Waals surface area contributed by atoms with E-state index in [1.54, 1.807) is 12.3 Å². The van der Waals surface area contributed by atoms with Crippen LogP contribution in [0.25, 0.3) is 0 Å². The van der Waals surface area contributed by atoms with E-state index < -0.39 is 0 Å². The molecule has 0 fully saturated rings. The molecule has 0 spiro atoms. The van der Waals surface area contributed by atoms with Crippen molar-refractivity contribution in [3.05, 3.63) is 46.7 Å². The molecule has 6 heteroatoms. The van der Waals surface area contributed by atoms with Crippen molar-refractivity contribution in [1.82, 2.24) is 9.97 Å². The first-order valence-electron chi connectivity index (χ1n) is 5.21. The molecule has 2 rings (SSSR count). The summed E-state index contributed by atoms with van der Waals surface area (Å²) in [5.41, 5.74) is 6.80. The van der Waals surface area contributed by atoms with Gasteiger partial charge in [-0.3, -0.25) is 4.79 Å². The predicted molar refractivity (Wildman–Crippen MR) is 70.6 cm³/mol. The molecule has 2 aromatic heterocycles. The molecule has 1 amide bonds. The van der Waals surface area contributed by atoms with Crippen LogP contribution in [0.3, 0.4) is 0 Å². The maximum absolute atomic E-state index is 12.0. The zero-order valence-corrected chi connectivity index (χ0v) is 10.4. The first-order valence-corrected chi connectivity index (χ1v) is 5.59. The summed E-state index contributed by atoms with van der Waals surface area (Å²) in [6, 6.07) is 4.99. The minimum atomic E-state index is -0.370. The fourth-order valence-electron chi connectivity index (χ4n) is 1.35. The van der Waals surface area contributed by atoms with Crippen molar-refractivity contribution in [2.24, 2.45) is 0 Å². The number of nitrogens with two attached hydrogens (primary N) is 1. The summed E-state index contributed by atoms with van der Waals surface area (Å²) in [6.07, 6.45) is 3.01. The van der Waals surface area contributed by atoms with E-state index in [2.05, 4.69) is 15.3 Å². The molecule has 0 aliphatic heterocycles. The zero-order chi connectivity index (χ0) is 13.1. The summed E-state index contributed by atoms with van der Waals surface area (Å²) in [4.78, 5) is 19.8. The van der Waals surface area contributed by atoms with E-state index in [1.807, 2.05) is 13.0 Å². The molecular weight excluding hydrogens is 252 g/mol. The molecule has 18 heavy (non-hydrogen) atoms. The molecule has 0 unspecified atom stereocenters. The number of nitrogens with one attached hydrogen (secondary N) is 1. The quantitative estimate of drug-likeness (QED) is 0.870. The van der Waals surface area contributed by atoms with Gasteiger partial charge in [0.2, 0.25) is 0 Å². The maximum atomic E-state index is 12.0. The summed E-state index contributed by atoms with van der Waals surface area (Å²) in [5.74, 6) is 0.323. The first kappa shape index (κ1) is 12.3. The number of pyridine rings is 2. The van der Waals surface area contributed by atoms with Crippen molar-refractivity contribution in [3.8, 4) is 0 Å². The summed E-state index contributed by atoms with van der Waals surface area (Å²) in [5, 5.41) is 2.88. The minimum absolute atomic E-state index is 0.237. The van der Waals surface area contributed by atoms with Crippen LogP contribution in [0.2, 0.25) is 5.02 Å². The van der Waals surface area contributed by atoms with E-state index >= 15 is 0 Å². The Morgan fingerprint density at radius 1 is 1.33 bits per heavy atom. The average molecular weight is 263 g/mol. The molecular formula is C12H11ClN4O. The second-order valence-corrected chi connectivity index (χ2v) is 4.17. The van der Waals surface area contributed by atoms with Gasteiger partial charge in [-0.25, -0.2) is 9.97 Å². The topological polar surface area (TPSA) is 80.9 Å². The number of nitrogens with zero attached hydrogens (tertiary/aromatic N) is 2. The number of rotatable bonds is 2. The van der Waals surface area contributed by atoms with E-state index in [9.17, 15) is 4.79 Å². The summed E-state index contributed by atoms with van der Waals surface area (Å²) < 4.78 is 0. The Balaban J connectivity index is 2.21. The SMILES string of the molecule is Cc1ccc(NC(=O)c2cc(N)ncc2Cl)nc1. The van der Waals surface area contributed by atoms with Gasteiger partial charge in [-0.1, -0.05) is 17.7 Å². The molecule has 0 aromatic carbocycles. The average Bonchev–Trinajstić information content (AvgIpc) is 2.35. The van der Waals surface area contributed by atoms with Crippen molar-refractivity contribution >= 4 is 29.1 Å². The van der Waals surface area contributed by atoms with Crippen LogP contribution in [0.5, 0.6) is 0 Å².